The standard InChI is InChI=1S/C39H46N6O6S/c1-39(2,3)51-38(49)40-25-28-9-7-27(8-10-28)11-12-30(46)13-14-34(48)44-17-15-43(16-18-44)26-32-24-33-35(52-32)37(45-19-21-50-22-20-45)42-36(41-33)29-5-4-6-31(47)23-29/h4-12,23-24,47H,13-22,25-26H2,1-3H3,(H,40,49)/b12-11+. The first-order valence-corrected chi connectivity index (χ1v) is 18.5. The lowest BCUT2D eigenvalue weighted by Crippen LogP contribution is -2.48. The van der Waals surface area contributed by atoms with Crippen molar-refractivity contribution in [3.63, 3.8) is 0 Å². The van der Waals surface area contributed by atoms with Crippen molar-refractivity contribution >= 4 is 51.2 Å². The quantitative estimate of drug-likeness (QED) is 0.187. The van der Waals surface area contributed by atoms with Crippen LogP contribution in [0.3, 0.4) is 0 Å². The summed E-state index contributed by atoms with van der Waals surface area (Å²) in [5.74, 6) is 1.54. The van der Waals surface area contributed by atoms with Crippen LogP contribution in [0.4, 0.5) is 10.6 Å². The van der Waals surface area contributed by atoms with Gasteiger partial charge in [-0.15, -0.1) is 11.3 Å². The Morgan fingerprint density at radius 3 is 2.42 bits per heavy atom. The summed E-state index contributed by atoms with van der Waals surface area (Å²) in [4.78, 5) is 54.9. The number of ketones is 1. The SMILES string of the molecule is CC(C)(C)OC(=O)NCc1ccc(/C=C/C(=O)CCC(=O)N2CCN(Cc3cc4nc(-c5cccc(O)c5)nc(N5CCOCC5)c4s3)CC2)cc1. The minimum absolute atomic E-state index is 0.00462. The Kier molecular flexibility index (Phi) is 11.8. The third kappa shape index (κ3) is 10.1. The Bertz CT molecular complexity index is 1910. The van der Waals surface area contributed by atoms with Crippen LogP contribution < -0.4 is 10.2 Å². The molecule has 6 rings (SSSR count). The maximum absolute atomic E-state index is 13.0. The number of ether oxygens (including phenoxy) is 2. The molecule has 13 heteroatoms. The number of anilines is 1. The van der Waals surface area contributed by atoms with Crippen molar-refractivity contribution < 1.29 is 29.0 Å². The van der Waals surface area contributed by atoms with Gasteiger partial charge in [-0.25, -0.2) is 14.8 Å². The van der Waals surface area contributed by atoms with E-state index in [0.717, 1.165) is 65.4 Å². The highest BCUT2D eigenvalue weighted by molar-refractivity contribution is 7.19. The number of nitrogens with zero attached hydrogens (tertiary/aromatic N) is 5. The van der Waals surface area contributed by atoms with Crippen molar-refractivity contribution in [2.75, 3.05) is 57.4 Å². The number of carbonyl (C=O) groups excluding carboxylic acids is 3. The predicted octanol–water partition coefficient (Wildman–Crippen LogP) is 5.63. The zero-order valence-electron chi connectivity index (χ0n) is 30.0. The Hall–Kier alpha value is -4.85. The predicted molar refractivity (Wildman–Crippen MR) is 202 cm³/mol. The molecular formula is C39H46N6O6S. The van der Waals surface area contributed by atoms with Crippen molar-refractivity contribution in [3.05, 3.63) is 76.7 Å². The molecule has 2 amide bonds. The smallest absolute Gasteiger partial charge is 0.407 e. The van der Waals surface area contributed by atoms with Crippen LogP contribution >= 0.6 is 11.3 Å². The molecule has 0 unspecified atom stereocenters. The molecule has 2 aliphatic rings. The number of hydrogen-bond donors (Lipinski definition) is 2. The zero-order chi connectivity index (χ0) is 36.7. The van der Waals surface area contributed by atoms with Crippen molar-refractivity contribution in [2.24, 2.45) is 0 Å². The van der Waals surface area contributed by atoms with E-state index < -0.39 is 11.7 Å². The molecule has 52 heavy (non-hydrogen) atoms. The van der Waals surface area contributed by atoms with Crippen LogP contribution in [0.2, 0.25) is 0 Å². The van der Waals surface area contributed by atoms with E-state index in [4.69, 9.17) is 19.4 Å². The van der Waals surface area contributed by atoms with Gasteiger partial charge in [0, 0.05) is 75.6 Å². The topological polar surface area (TPSA) is 137 Å². The van der Waals surface area contributed by atoms with E-state index in [-0.39, 0.29) is 30.3 Å². The maximum Gasteiger partial charge on any atom is 0.407 e. The molecule has 2 aromatic heterocycles. The van der Waals surface area contributed by atoms with Gasteiger partial charge in [0.25, 0.3) is 0 Å². The van der Waals surface area contributed by atoms with Crippen LogP contribution in [-0.4, -0.2) is 101 Å². The van der Waals surface area contributed by atoms with Gasteiger partial charge >= 0.3 is 6.09 Å². The Labute approximate surface area is 308 Å². The van der Waals surface area contributed by atoms with Gasteiger partial charge in [-0.05, 0) is 56.2 Å². The van der Waals surface area contributed by atoms with E-state index in [9.17, 15) is 19.5 Å². The Morgan fingerprint density at radius 1 is 0.962 bits per heavy atom. The molecule has 0 spiro atoms. The van der Waals surface area contributed by atoms with Crippen molar-refractivity contribution in [1.29, 1.82) is 0 Å². The fraction of sp³-hybridized carbons (Fsp3) is 0.410. The average molecular weight is 727 g/mol. The average Bonchev–Trinajstić information content (AvgIpc) is 3.54. The van der Waals surface area contributed by atoms with Crippen molar-refractivity contribution in [2.45, 2.75) is 52.3 Å². The monoisotopic (exact) mass is 726 g/mol. The molecule has 4 heterocycles. The van der Waals surface area contributed by atoms with Gasteiger partial charge in [-0.3, -0.25) is 14.5 Å². The number of hydrogen-bond acceptors (Lipinski definition) is 11. The second-order valence-electron chi connectivity index (χ2n) is 14.0. The number of allylic oxidation sites excluding steroid dienone is 1. The van der Waals surface area contributed by atoms with Gasteiger partial charge in [-0.1, -0.05) is 42.5 Å². The number of nitrogens with one attached hydrogen (secondary N) is 1. The molecule has 0 atom stereocenters. The second kappa shape index (κ2) is 16.7. The highest BCUT2D eigenvalue weighted by Gasteiger charge is 2.24. The van der Waals surface area contributed by atoms with Crippen LogP contribution in [0, 0.1) is 0 Å². The molecule has 2 aliphatic heterocycles. The summed E-state index contributed by atoms with van der Waals surface area (Å²) < 4.78 is 11.9. The lowest BCUT2D eigenvalue weighted by atomic mass is 10.1. The number of amides is 2. The number of alkyl carbamates (subject to hydrolysis) is 1. The Morgan fingerprint density at radius 2 is 1.71 bits per heavy atom. The van der Waals surface area contributed by atoms with E-state index in [1.54, 1.807) is 35.6 Å². The van der Waals surface area contributed by atoms with Crippen LogP contribution in [0.25, 0.3) is 27.7 Å². The third-order valence-electron chi connectivity index (χ3n) is 8.79. The van der Waals surface area contributed by atoms with Gasteiger partial charge in [0.2, 0.25) is 5.91 Å². The minimum atomic E-state index is -0.555. The molecule has 2 saturated heterocycles. The first-order chi connectivity index (χ1) is 25.0. The first-order valence-electron chi connectivity index (χ1n) is 17.7. The third-order valence-corrected chi connectivity index (χ3v) is 9.89. The van der Waals surface area contributed by atoms with Crippen LogP contribution in [0.15, 0.2) is 60.7 Å². The molecule has 0 saturated carbocycles. The summed E-state index contributed by atoms with van der Waals surface area (Å²) in [5, 5.41) is 12.8. The maximum atomic E-state index is 13.0. The number of morpholine rings is 1. The number of rotatable bonds is 11. The summed E-state index contributed by atoms with van der Waals surface area (Å²) in [6, 6.07) is 16.7. The van der Waals surface area contributed by atoms with Gasteiger partial charge in [0.15, 0.2) is 17.4 Å². The lowest BCUT2D eigenvalue weighted by molar-refractivity contribution is -0.134. The van der Waals surface area contributed by atoms with E-state index >= 15 is 0 Å². The van der Waals surface area contributed by atoms with Gasteiger partial charge in [0.1, 0.15) is 11.4 Å². The molecule has 2 fully saturated rings. The van der Waals surface area contributed by atoms with E-state index in [1.165, 1.54) is 11.0 Å². The molecule has 0 bridgehead atoms. The summed E-state index contributed by atoms with van der Waals surface area (Å²) in [5.41, 5.74) is 2.86. The van der Waals surface area contributed by atoms with Crippen molar-refractivity contribution in [3.8, 4) is 17.1 Å². The normalized spacial score (nSPS) is 15.7. The number of piperazine rings is 1. The summed E-state index contributed by atoms with van der Waals surface area (Å²) in [7, 11) is 0. The van der Waals surface area contributed by atoms with E-state index in [2.05, 4.69) is 21.2 Å². The molecule has 274 valence electrons. The molecule has 4 aromatic rings. The van der Waals surface area contributed by atoms with Gasteiger partial charge < -0.3 is 29.7 Å². The summed E-state index contributed by atoms with van der Waals surface area (Å²) in [6.45, 7) is 12.0. The molecule has 0 radical (unpaired) electrons. The summed E-state index contributed by atoms with van der Waals surface area (Å²) >= 11 is 1.70. The highest BCUT2D eigenvalue weighted by Crippen LogP contribution is 2.35. The first kappa shape index (κ1) is 36.9. The number of carbonyl (C=O) groups is 3. The zero-order valence-corrected chi connectivity index (χ0v) is 30.8. The van der Waals surface area contributed by atoms with E-state index in [1.807, 2.05) is 56.0 Å². The summed E-state index contributed by atoms with van der Waals surface area (Å²) in [6.07, 6.45) is 3.13. The Balaban J connectivity index is 0.977. The minimum Gasteiger partial charge on any atom is -0.508 e. The fourth-order valence-corrected chi connectivity index (χ4v) is 7.23. The van der Waals surface area contributed by atoms with E-state index in [0.29, 0.717) is 38.7 Å². The fourth-order valence-electron chi connectivity index (χ4n) is 6.08. The molecule has 2 aromatic carbocycles. The molecular weight excluding hydrogens is 681 g/mol. The number of phenols is 1. The number of fused-ring (bicyclic) bond motifs is 1. The molecule has 2 N–H and O–H groups in total. The van der Waals surface area contributed by atoms with Gasteiger partial charge in [0.05, 0.1) is 23.4 Å². The number of thiophene rings is 1. The van der Waals surface area contributed by atoms with Crippen molar-refractivity contribution in [1.82, 2.24) is 25.1 Å². The molecule has 12 nitrogen and oxygen atoms in total. The highest BCUT2D eigenvalue weighted by atomic mass is 32.1. The number of aromatic hydroxyl groups is 1. The van der Waals surface area contributed by atoms with Crippen LogP contribution in [0.1, 0.15) is 49.6 Å². The van der Waals surface area contributed by atoms with Gasteiger partial charge in [-0.2, -0.15) is 0 Å². The van der Waals surface area contributed by atoms with Crippen LogP contribution in [-0.2, 0) is 32.2 Å². The number of phenolic OH excluding ortho intramolecular Hbond substituents is 1. The lowest BCUT2D eigenvalue weighted by Gasteiger charge is -2.34. The second-order valence-corrected chi connectivity index (χ2v) is 15.1. The molecule has 0 aliphatic carbocycles. The number of aromatic nitrogens is 2. The van der Waals surface area contributed by atoms with Crippen LogP contribution in [0.5, 0.6) is 5.75 Å². The largest absolute Gasteiger partial charge is 0.508 e. The number of benzene rings is 2.